The molecular formula is C15H20N4O4S. The number of sulfonamides is 1. The number of aromatic nitrogens is 2. The van der Waals surface area contributed by atoms with Gasteiger partial charge in [-0.15, -0.1) is 0 Å². The summed E-state index contributed by atoms with van der Waals surface area (Å²) in [5.74, 6) is 0.895. The van der Waals surface area contributed by atoms with Crippen LogP contribution >= 0.6 is 0 Å². The Morgan fingerprint density at radius 3 is 2.62 bits per heavy atom. The third-order valence-corrected chi connectivity index (χ3v) is 5.54. The third-order valence-electron chi connectivity index (χ3n) is 3.85. The number of hydrogen-bond donors (Lipinski definition) is 0. The number of rotatable bonds is 5. The van der Waals surface area contributed by atoms with Crippen molar-refractivity contribution >= 4 is 21.5 Å². The van der Waals surface area contributed by atoms with Crippen molar-refractivity contribution in [3.05, 3.63) is 35.9 Å². The highest BCUT2D eigenvalue weighted by Crippen LogP contribution is 2.21. The Morgan fingerprint density at radius 1 is 1.29 bits per heavy atom. The highest BCUT2D eigenvalue weighted by atomic mass is 32.2. The van der Waals surface area contributed by atoms with Crippen LogP contribution in [0.4, 0.5) is 11.5 Å². The third kappa shape index (κ3) is 3.68. The lowest BCUT2D eigenvalue weighted by molar-refractivity contribution is 0.122. The molecule has 0 spiro atoms. The monoisotopic (exact) mass is 352 g/mol. The molecule has 0 aliphatic carbocycles. The molecule has 0 N–H and O–H groups in total. The molecule has 0 saturated carbocycles. The first-order chi connectivity index (χ1) is 11.5. The average Bonchev–Trinajstić information content (AvgIpc) is 2.99. The van der Waals surface area contributed by atoms with Gasteiger partial charge >= 0.3 is 0 Å². The summed E-state index contributed by atoms with van der Waals surface area (Å²) in [5.41, 5.74) is 1.16. The molecular weight excluding hydrogens is 332 g/mol. The molecule has 1 saturated heterocycles. The summed E-state index contributed by atoms with van der Waals surface area (Å²) >= 11 is 0. The second-order valence-electron chi connectivity index (χ2n) is 5.63. The van der Waals surface area contributed by atoms with E-state index in [9.17, 15) is 8.42 Å². The normalized spacial score (nSPS) is 15.5. The van der Waals surface area contributed by atoms with Gasteiger partial charge in [0.25, 0.3) is 0 Å². The molecule has 1 aliphatic heterocycles. The second-order valence-corrected chi connectivity index (χ2v) is 7.63. The van der Waals surface area contributed by atoms with Gasteiger partial charge in [-0.05, 0) is 19.1 Å². The van der Waals surface area contributed by atoms with Gasteiger partial charge in [0.2, 0.25) is 10.0 Å². The van der Waals surface area contributed by atoms with Crippen molar-refractivity contribution in [2.45, 2.75) is 12.7 Å². The summed E-state index contributed by atoms with van der Waals surface area (Å²) in [6, 6.07) is 5.19. The Morgan fingerprint density at radius 2 is 2.04 bits per heavy atom. The number of morpholine rings is 1. The Kier molecular flexibility index (Phi) is 4.72. The Hall–Kier alpha value is -2.13. The SMILES string of the molecule is Cc1cc(CS(=O)(=O)N(C)c2ccc(N3CCOCC3)nc2)on1. The predicted octanol–water partition coefficient (Wildman–Crippen LogP) is 1.18. The van der Waals surface area contributed by atoms with E-state index < -0.39 is 10.0 Å². The van der Waals surface area contributed by atoms with E-state index in [0.29, 0.717) is 30.4 Å². The molecule has 24 heavy (non-hydrogen) atoms. The van der Waals surface area contributed by atoms with Crippen molar-refractivity contribution in [2.75, 3.05) is 42.6 Å². The van der Waals surface area contributed by atoms with E-state index in [4.69, 9.17) is 9.26 Å². The summed E-state index contributed by atoms with van der Waals surface area (Å²) in [6.45, 7) is 4.66. The van der Waals surface area contributed by atoms with Gasteiger partial charge in [-0.1, -0.05) is 5.16 Å². The van der Waals surface area contributed by atoms with Crippen LogP contribution in [0.15, 0.2) is 28.9 Å². The van der Waals surface area contributed by atoms with Crippen LogP contribution in [0.1, 0.15) is 11.5 Å². The minimum Gasteiger partial charge on any atom is -0.378 e. The van der Waals surface area contributed by atoms with Gasteiger partial charge < -0.3 is 14.2 Å². The quantitative estimate of drug-likeness (QED) is 0.798. The molecule has 0 unspecified atom stereocenters. The zero-order valence-corrected chi connectivity index (χ0v) is 14.5. The van der Waals surface area contributed by atoms with Crippen molar-refractivity contribution in [1.29, 1.82) is 0 Å². The van der Waals surface area contributed by atoms with Crippen LogP contribution in [0.5, 0.6) is 0 Å². The van der Waals surface area contributed by atoms with Gasteiger partial charge in [0.1, 0.15) is 11.6 Å². The lowest BCUT2D eigenvalue weighted by Gasteiger charge is -2.28. The second kappa shape index (κ2) is 6.78. The van der Waals surface area contributed by atoms with E-state index in [1.807, 2.05) is 6.07 Å². The minimum absolute atomic E-state index is 0.241. The fraction of sp³-hybridized carbons (Fsp3) is 0.467. The highest BCUT2D eigenvalue weighted by Gasteiger charge is 2.22. The van der Waals surface area contributed by atoms with Gasteiger partial charge in [-0.25, -0.2) is 13.4 Å². The smallest absolute Gasteiger partial charge is 0.242 e. The van der Waals surface area contributed by atoms with Crippen LogP contribution in [0.25, 0.3) is 0 Å². The zero-order valence-electron chi connectivity index (χ0n) is 13.7. The molecule has 2 aromatic heterocycles. The molecule has 0 radical (unpaired) electrons. The number of pyridine rings is 1. The molecule has 0 bridgehead atoms. The molecule has 9 heteroatoms. The van der Waals surface area contributed by atoms with E-state index >= 15 is 0 Å². The topological polar surface area (TPSA) is 88.8 Å². The van der Waals surface area contributed by atoms with Crippen molar-refractivity contribution in [3.63, 3.8) is 0 Å². The van der Waals surface area contributed by atoms with Gasteiger partial charge in [-0.2, -0.15) is 0 Å². The summed E-state index contributed by atoms with van der Waals surface area (Å²) in [4.78, 5) is 6.49. The summed E-state index contributed by atoms with van der Waals surface area (Å²) in [5, 5.41) is 3.71. The molecule has 2 aromatic rings. The Labute approximate surface area is 141 Å². The van der Waals surface area contributed by atoms with E-state index in [0.717, 1.165) is 18.9 Å². The van der Waals surface area contributed by atoms with Crippen LogP contribution in [0.3, 0.4) is 0 Å². The van der Waals surface area contributed by atoms with Crippen LogP contribution in [0.2, 0.25) is 0 Å². The van der Waals surface area contributed by atoms with Crippen molar-refractivity contribution in [3.8, 4) is 0 Å². The average molecular weight is 352 g/mol. The standard InChI is InChI=1S/C15H20N4O4S/c1-12-9-14(23-17-12)11-24(20,21)18(2)13-3-4-15(16-10-13)19-5-7-22-8-6-19/h3-4,9-10H,5-8,11H2,1-2H3. The van der Waals surface area contributed by atoms with Crippen molar-refractivity contribution in [1.82, 2.24) is 10.1 Å². The minimum atomic E-state index is -3.56. The maximum absolute atomic E-state index is 12.5. The van der Waals surface area contributed by atoms with Gasteiger partial charge in [0.05, 0.1) is 30.8 Å². The molecule has 8 nitrogen and oxygen atoms in total. The molecule has 0 atom stereocenters. The number of hydrogen-bond acceptors (Lipinski definition) is 7. The van der Waals surface area contributed by atoms with Gasteiger partial charge in [-0.3, -0.25) is 4.31 Å². The maximum Gasteiger partial charge on any atom is 0.242 e. The van der Waals surface area contributed by atoms with Crippen molar-refractivity contribution in [2.24, 2.45) is 0 Å². The zero-order chi connectivity index (χ0) is 17.2. The first kappa shape index (κ1) is 16.7. The van der Waals surface area contributed by atoms with Crippen molar-refractivity contribution < 1.29 is 17.7 Å². The first-order valence-corrected chi connectivity index (χ1v) is 9.24. The molecule has 3 heterocycles. The molecule has 130 valence electrons. The fourth-order valence-corrected chi connectivity index (χ4v) is 3.58. The number of aryl methyl sites for hydroxylation is 1. The van der Waals surface area contributed by atoms with Gasteiger partial charge in [0, 0.05) is 26.2 Å². The van der Waals surface area contributed by atoms with E-state index in [1.165, 1.54) is 11.4 Å². The first-order valence-electron chi connectivity index (χ1n) is 7.63. The van der Waals surface area contributed by atoms with Crippen LogP contribution < -0.4 is 9.21 Å². The molecule has 3 rings (SSSR count). The van der Waals surface area contributed by atoms with Crippen LogP contribution in [-0.4, -0.2) is 51.9 Å². The largest absolute Gasteiger partial charge is 0.378 e. The lowest BCUT2D eigenvalue weighted by Crippen LogP contribution is -2.36. The summed E-state index contributed by atoms with van der Waals surface area (Å²) in [6.07, 6.45) is 1.56. The van der Waals surface area contributed by atoms with Crippen LogP contribution in [-0.2, 0) is 20.5 Å². The Bertz CT molecular complexity index is 782. The molecule has 0 amide bonds. The van der Waals surface area contributed by atoms with Crippen LogP contribution in [0, 0.1) is 6.92 Å². The van der Waals surface area contributed by atoms with Gasteiger partial charge in [0.15, 0.2) is 5.76 Å². The molecule has 1 aliphatic rings. The van der Waals surface area contributed by atoms with E-state index in [2.05, 4.69) is 15.0 Å². The molecule has 1 fully saturated rings. The Balaban J connectivity index is 1.72. The summed E-state index contributed by atoms with van der Waals surface area (Å²) in [7, 11) is -2.06. The predicted molar refractivity (Wildman–Crippen MR) is 89.5 cm³/mol. The summed E-state index contributed by atoms with van der Waals surface area (Å²) < 4.78 is 36.5. The fourth-order valence-electron chi connectivity index (χ4n) is 2.47. The lowest BCUT2D eigenvalue weighted by atomic mass is 10.3. The number of anilines is 2. The van der Waals surface area contributed by atoms with E-state index in [1.54, 1.807) is 25.3 Å². The number of nitrogens with zero attached hydrogens (tertiary/aromatic N) is 4. The highest BCUT2D eigenvalue weighted by molar-refractivity contribution is 7.92. The van der Waals surface area contributed by atoms with E-state index in [-0.39, 0.29) is 5.75 Å². The number of ether oxygens (including phenoxy) is 1. The maximum atomic E-state index is 12.5. The molecule has 0 aromatic carbocycles.